The van der Waals surface area contributed by atoms with Crippen LogP contribution < -0.4 is 14.8 Å². The predicted octanol–water partition coefficient (Wildman–Crippen LogP) is 4.53. The van der Waals surface area contributed by atoms with Crippen molar-refractivity contribution in [3.63, 3.8) is 0 Å². The number of nitrogens with zero attached hydrogens (tertiary/aromatic N) is 1. The second-order valence-corrected chi connectivity index (χ2v) is 9.13. The highest BCUT2D eigenvalue weighted by Crippen LogP contribution is 2.36. The van der Waals surface area contributed by atoms with Crippen LogP contribution in [0, 0.1) is 5.41 Å². The second kappa shape index (κ2) is 11.1. The van der Waals surface area contributed by atoms with E-state index < -0.39 is 11.5 Å². The Kier molecular flexibility index (Phi) is 8.22. The molecule has 1 fully saturated rings. The van der Waals surface area contributed by atoms with Crippen LogP contribution in [-0.2, 0) is 32.0 Å². The van der Waals surface area contributed by atoms with E-state index in [4.69, 9.17) is 18.9 Å². The third-order valence-corrected chi connectivity index (χ3v) is 5.31. The fourth-order valence-electron chi connectivity index (χ4n) is 3.38. The van der Waals surface area contributed by atoms with Crippen LogP contribution in [0.4, 0.5) is 10.5 Å². The zero-order chi connectivity index (χ0) is 25.6. The average molecular weight is 485 g/mol. The number of hydrogen-bond donors (Lipinski definition) is 1. The fourth-order valence-corrected chi connectivity index (χ4v) is 3.38. The summed E-state index contributed by atoms with van der Waals surface area (Å²) in [7, 11) is 1.53. The second-order valence-electron chi connectivity index (χ2n) is 9.13. The number of benzene rings is 2. The molecule has 1 N–H and O–H groups in total. The highest BCUT2D eigenvalue weighted by atomic mass is 16.6. The first-order valence-electron chi connectivity index (χ1n) is 11.5. The van der Waals surface area contributed by atoms with E-state index in [1.165, 1.54) is 7.11 Å². The molecule has 0 aliphatic carbocycles. The Hall–Kier alpha value is -3.75. The first-order chi connectivity index (χ1) is 16.6. The summed E-state index contributed by atoms with van der Waals surface area (Å²) in [5.74, 6) is 0.896. The van der Waals surface area contributed by atoms with Gasteiger partial charge < -0.3 is 29.2 Å². The van der Waals surface area contributed by atoms with Crippen LogP contribution in [0.5, 0.6) is 17.2 Å². The number of carbonyl (C=O) groups excluding carboxylic acids is 3. The molecule has 0 unspecified atom stereocenters. The lowest BCUT2D eigenvalue weighted by Gasteiger charge is -2.21. The van der Waals surface area contributed by atoms with E-state index in [9.17, 15) is 14.4 Å². The molecule has 1 saturated heterocycles. The molecule has 0 radical (unpaired) electrons. The first kappa shape index (κ1) is 25.9. The quantitative estimate of drug-likeness (QED) is 0.522. The van der Waals surface area contributed by atoms with Gasteiger partial charge in [0.1, 0.15) is 12.4 Å². The Labute approximate surface area is 205 Å². The number of rotatable bonds is 9. The number of hydrogen-bond acceptors (Lipinski definition) is 7. The summed E-state index contributed by atoms with van der Waals surface area (Å²) < 4.78 is 21.8. The molecule has 0 atom stereocenters. The number of anilines is 1. The van der Waals surface area contributed by atoms with E-state index in [2.05, 4.69) is 5.32 Å². The van der Waals surface area contributed by atoms with E-state index in [1.54, 1.807) is 48.2 Å². The molecule has 0 aromatic heterocycles. The molecule has 2 aromatic rings. The number of methoxy groups -OCH3 is 1. The van der Waals surface area contributed by atoms with Gasteiger partial charge in [-0.15, -0.1) is 0 Å². The molecule has 188 valence electrons. The maximum atomic E-state index is 12.5. The van der Waals surface area contributed by atoms with Gasteiger partial charge in [-0.05, 0) is 42.8 Å². The number of nitrogens with one attached hydrogen (secondary N) is 1. The van der Waals surface area contributed by atoms with Crippen LogP contribution >= 0.6 is 0 Å². The van der Waals surface area contributed by atoms with Gasteiger partial charge in [-0.2, -0.15) is 0 Å². The minimum atomic E-state index is -0.569. The third-order valence-electron chi connectivity index (χ3n) is 5.31. The summed E-state index contributed by atoms with van der Waals surface area (Å²) in [6.07, 6.45) is -0.313. The molecular formula is C26H32N2O7. The lowest BCUT2D eigenvalue weighted by Crippen LogP contribution is -2.28. The van der Waals surface area contributed by atoms with Crippen molar-refractivity contribution in [1.29, 1.82) is 0 Å². The van der Waals surface area contributed by atoms with Crippen molar-refractivity contribution in [3.05, 3.63) is 47.5 Å². The molecule has 1 aliphatic heterocycles. The molecule has 0 saturated carbocycles. The third kappa shape index (κ3) is 6.88. The largest absolute Gasteiger partial charge is 0.493 e. The predicted molar refractivity (Wildman–Crippen MR) is 130 cm³/mol. The number of ether oxygens (including phenoxy) is 4. The fraction of sp³-hybridized carbons (Fsp3) is 0.423. The van der Waals surface area contributed by atoms with Crippen molar-refractivity contribution in [1.82, 2.24) is 4.90 Å². The minimum absolute atomic E-state index is 0.0957. The normalized spacial score (nSPS) is 13.3. The van der Waals surface area contributed by atoms with E-state index in [1.807, 2.05) is 20.8 Å². The topological polar surface area (TPSA) is 103 Å². The van der Waals surface area contributed by atoms with Gasteiger partial charge in [-0.3, -0.25) is 9.59 Å². The molecule has 0 bridgehead atoms. The highest BCUT2D eigenvalue weighted by molar-refractivity contribution is 5.94. The van der Waals surface area contributed by atoms with Gasteiger partial charge in [-0.25, -0.2) is 4.79 Å². The lowest BCUT2D eigenvalue weighted by atomic mass is 9.95. The van der Waals surface area contributed by atoms with E-state index >= 15 is 0 Å². The van der Waals surface area contributed by atoms with Crippen LogP contribution in [0.1, 0.15) is 38.8 Å². The summed E-state index contributed by atoms with van der Waals surface area (Å²) in [5.41, 5.74) is 1.40. The van der Waals surface area contributed by atoms with Crippen LogP contribution in [0.15, 0.2) is 36.4 Å². The maximum Gasteiger partial charge on any atom is 0.410 e. The average Bonchev–Trinajstić information content (AvgIpc) is 3.19. The Morgan fingerprint density at radius 3 is 2.46 bits per heavy atom. The first-order valence-corrected chi connectivity index (χ1v) is 11.5. The van der Waals surface area contributed by atoms with Crippen molar-refractivity contribution in [2.24, 2.45) is 5.41 Å². The van der Waals surface area contributed by atoms with Gasteiger partial charge in [0.25, 0.3) is 0 Å². The molecule has 2 aromatic carbocycles. The standard InChI is InChI=1S/C26H32N2O7/c1-6-33-23(29)14-17-7-9-21(32-5)22(13-17)35-20-10-8-19(27-24(30)26(2,3)4)15-18(20)16-28-11-12-34-25(28)31/h7-10,13,15H,6,11-12,14,16H2,1-5H3,(H,27,30). The zero-order valence-corrected chi connectivity index (χ0v) is 20.8. The molecule has 9 nitrogen and oxygen atoms in total. The molecule has 2 amide bonds. The summed E-state index contributed by atoms with van der Waals surface area (Å²) in [4.78, 5) is 38.1. The number of esters is 1. The Morgan fingerprint density at radius 1 is 1.09 bits per heavy atom. The summed E-state index contributed by atoms with van der Waals surface area (Å²) in [6, 6.07) is 10.5. The summed E-state index contributed by atoms with van der Waals surface area (Å²) in [5, 5.41) is 2.91. The van der Waals surface area contributed by atoms with Crippen molar-refractivity contribution in [2.75, 3.05) is 32.2 Å². The van der Waals surface area contributed by atoms with Crippen LogP contribution in [-0.4, -0.2) is 49.7 Å². The van der Waals surface area contributed by atoms with Crippen LogP contribution in [0.2, 0.25) is 0 Å². The molecule has 0 spiro atoms. The summed E-state index contributed by atoms with van der Waals surface area (Å²) in [6.45, 7) is 8.56. The van der Waals surface area contributed by atoms with Gasteiger partial charge in [0.15, 0.2) is 11.5 Å². The zero-order valence-electron chi connectivity index (χ0n) is 20.8. The molecule has 9 heteroatoms. The van der Waals surface area contributed by atoms with Crippen molar-refractivity contribution in [3.8, 4) is 17.2 Å². The van der Waals surface area contributed by atoms with Gasteiger partial charge in [-0.1, -0.05) is 26.8 Å². The van der Waals surface area contributed by atoms with E-state index in [0.717, 1.165) is 0 Å². The number of carbonyl (C=O) groups is 3. The Bertz CT molecular complexity index is 1090. The summed E-state index contributed by atoms with van der Waals surface area (Å²) >= 11 is 0. The Balaban J connectivity index is 1.92. The molecule has 3 rings (SSSR count). The van der Waals surface area contributed by atoms with Crippen molar-refractivity contribution >= 4 is 23.7 Å². The smallest absolute Gasteiger partial charge is 0.410 e. The Morgan fingerprint density at radius 2 is 1.83 bits per heavy atom. The van der Waals surface area contributed by atoms with Gasteiger partial charge >= 0.3 is 12.1 Å². The highest BCUT2D eigenvalue weighted by Gasteiger charge is 2.25. The molecular weight excluding hydrogens is 452 g/mol. The van der Waals surface area contributed by atoms with Crippen LogP contribution in [0.3, 0.4) is 0 Å². The lowest BCUT2D eigenvalue weighted by molar-refractivity contribution is -0.142. The minimum Gasteiger partial charge on any atom is -0.493 e. The molecule has 35 heavy (non-hydrogen) atoms. The van der Waals surface area contributed by atoms with E-state index in [-0.39, 0.29) is 24.8 Å². The van der Waals surface area contributed by atoms with Gasteiger partial charge in [0.05, 0.1) is 33.2 Å². The van der Waals surface area contributed by atoms with Crippen molar-refractivity contribution in [2.45, 2.75) is 40.7 Å². The molecule has 1 heterocycles. The number of amides is 2. The maximum absolute atomic E-state index is 12.5. The van der Waals surface area contributed by atoms with Crippen LogP contribution in [0.25, 0.3) is 0 Å². The number of cyclic esters (lactones) is 1. The van der Waals surface area contributed by atoms with Gasteiger partial charge in [0, 0.05) is 16.7 Å². The van der Waals surface area contributed by atoms with Gasteiger partial charge in [0.2, 0.25) is 5.91 Å². The van der Waals surface area contributed by atoms with Crippen molar-refractivity contribution < 1.29 is 33.3 Å². The molecule has 1 aliphatic rings. The van der Waals surface area contributed by atoms with E-state index in [0.29, 0.717) is 53.8 Å². The monoisotopic (exact) mass is 484 g/mol. The SMILES string of the molecule is CCOC(=O)Cc1ccc(OC)c(Oc2ccc(NC(=O)C(C)(C)C)cc2CN2CCOC2=O)c1.